The predicted molar refractivity (Wildman–Crippen MR) is 107 cm³/mol. The highest BCUT2D eigenvalue weighted by atomic mass is 32.2. The summed E-state index contributed by atoms with van der Waals surface area (Å²) < 4.78 is 27.6. The second-order valence-corrected chi connectivity index (χ2v) is 9.52. The number of anilines is 1. The Morgan fingerprint density at radius 1 is 1.19 bits per heavy atom. The van der Waals surface area contributed by atoms with Crippen LogP contribution in [0.5, 0.6) is 0 Å². The lowest BCUT2D eigenvalue weighted by Gasteiger charge is -2.26. The smallest absolute Gasteiger partial charge is 0.263 e. The zero-order valence-corrected chi connectivity index (χ0v) is 17.1. The number of hydrogen-bond donors (Lipinski definition) is 1. The number of carbonyl (C=O) groups is 1. The van der Waals surface area contributed by atoms with Crippen molar-refractivity contribution < 1.29 is 13.2 Å². The number of hydrogen-bond acceptors (Lipinski definition) is 5. The zero-order chi connectivity index (χ0) is 19.3. The number of likely N-dealkylation sites (tertiary alicyclic amines) is 1. The Labute approximate surface area is 164 Å². The van der Waals surface area contributed by atoms with Crippen LogP contribution in [-0.4, -0.2) is 37.3 Å². The summed E-state index contributed by atoms with van der Waals surface area (Å²) in [4.78, 5) is 19.1. The van der Waals surface area contributed by atoms with E-state index in [1.165, 1.54) is 11.3 Å². The van der Waals surface area contributed by atoms with Gasteiger partial charge in [-0.3, -0.25) is 9.52 Å². The van der Waals surface area contributed by atoms with Crippen LogP contribution in [0.2, 0.25) is 0 Å². The Morgan fingerprint density at radius 2 is 1.96 bits per heavy atom. The first-order valence-corrected chi connectivity index (χ1v) is 11.6. The van der Waals surface area contributed by atoms with Gasteiger partial charge in [0.25, 0.3) is 10.0 Å². The molecule has 1 N–H and O–H groups in total. The molecule has 0 saturated carbocycles. The molecular formula is C19H25N3O3S2. The lowest BCUT2D eigenvalue weighted by atomic mass is 10.1. The van der Waals surface area contributed by atoms with Crippen LogP contribution in [0.3, 0.4) is 0 Å². The second-order valence-electron chi connectivity index (χ2n) is 6.72. The zero-order valence-electron chi connectivity index (χ0n) is 15.5. The Bertz CT molecular complexity index is 876. The molecule has 0 aliphatic carbocycles. The fourth-order valence-electron chi connectivity index (χ4n) is 3.11. The van der Waals surface area contributed by atoms with Crippen LogP contribution >= 0.6 is 11.3 Å². The monoisotopic (exact) mass is 407 g/mol. The summed E-state index contributed by atoms with van der Waals surface area (Å²) in [6.07, 6.45) is 6.99. The number of carbonyl (C=O) groups excluding carboxylic acids is 1. The summed E-state index contributed by atoms with van der Waals surface area (Å²) in [6.45, 7) is 3.56. The first-order chi connectivity index (χ1) is 13.0. The van der Waals surface area contributed by atoms with Gasteiger partial charge >= 0.3 is 0 Å². The van der Waals surface area contributed by atoms with Crippen molar-refractivity contribution in [2.45, 2.75) is 50.3 Å². The van der Waals surface area contributed by atoms with Gasteiger partial charge in [-0.05, 0) is 37.0 Å². The number of piperidine rings is 1. The lowest BCUT2D eigenvalue weighted by Crippen LogP contribution is -2.36. The van der Waals surface area contributed by atoms with E-state index in [9.17, 15) is 13.2 Å². The van der Waals surface area contributed by atoms with Crippen molar-refractivity contribution in [2.24, 2.45) is 0 Å². The maximum Gasteiger partial charge on any atom is 0.263 e. The molecule has 0 bridgehead atoms. The van der Waals surface area contributed by atoms with E-state index in [-0.39, 0.29) is 10.8 Å². The molecule has 1 aromatic heterocycles. The van der Waals surface area contributed by atoms with Crippen molar-refractivity contribution in [3.05, 3.63) is 40.9 Å². The Balaban J connectivity index is 1.59. The van der Waals surface area contributed by atoms with Gasteiger partial charge in [0.05, 0.1) is 4.90 Å². The fraction of sp³-hybridized carbons (Fsp3) is 0.474. The number of benzene rings is 1. The van der Waals surface area contributed by atoms with Gasteiger partial charge in [0.1, 0.15) is 0 Å². The van der Waals surface area contributed by atoms with Gasteiger partial charge in [0.15, 0.2) is 5.13 Å². The molecule has 2 aromatic rings. The minimum atomic E-state index is -3.64. The van der Waals surface area contributed by atoms with Crippen molar-refractivity contribution in [1.29, 1.82) is 0 Å². The molecule has 3 rings (SSSR count). The van der Waals surface area contributed by atoms with Gasteiger partial charge in [-0.1, -0.05) is 25.5 Å². The van der Waals surface area contributed by atoms with Gasteiger partial charge in [0.2, 0.25) is 5.91 Å². The molecule has 1 fully saturated rings. The number of sulfonamides is 1. The van der Waals surface area contributed by atoms with E-state index >= 15 is 0 Å². The van der Waals surface area contributed by atoms with Crippen LogP contribution in [0.25, 0.3) is 0 Å². The number of aromatic nitrogens is 1. The lowest BCUT2D eigenvalue weighted by molar-refractivity contribution is -0.133. The topological polar surface area (TPSA) is 79.4 Å². The van der Waals surface area contributed by atoms with Crippen molar-refractivity contribution in [2.75, 3.05) is 17.8 Å². The molecule has 27 heavy (non-hydrogen) atoms. The highest BCUT2D eigenvalue weighted by molar-refractivity contribution is 7.93. The first-order valence-electron chi connectivity index (χ1n) is 9.32. The number of nitrogens with zero attached hydrogens (tertiary/aromatic N) is 2. The summed E-state index contributed by atoms with van der Waals surface area (Å²) in [5, 5.41) is 0.354. The van der Waals surface area contributed by atoms with Crippen LogP contribution in [0.15, 0.2) is 35.4 Å². The molecule has 0 unspecified atom stereocenters. The molecule has 6 nitrogen and oxygen atoms in total. The number of rotatable bonds is 8. The first kappa shape index (κ1) is 19.8. The van der Waals surface area contributed by atoms with Crippen molar-refractivity contribution in [3.8, 4) is 0 Å². The SMILES string of the molecule is CCCc1ccc(S(=O)(=O)Nc2ncc(CCN3CCCCC3=O)s2)cc1. The van der Waals surface area contributed by atoms with Gasteiger partial charge in [0, 0.05) is 37.0 Å². The minimum absolute atomic E-state index is 0.207. The average molecular weight is 408 g/mol. The summed E-state index contributed by atoms with van der Waals surface area (Å²) >= 11 is 1.32. The number of nitrogens with one attached hydrogen (secondary N) is 1. The van der Waals surface area contributed by atoms with E-state index < -0.39 is 10.0 Å². The maximum atomic E-state index is 12.5. The highest BCUT2D eigenvalue weighted by Crippen LogP contribution is 2.23. The van der Waals surface area contributed by atoms with Gasteiger partial charge in [-0.15, -0.1) is 11.3 Å². The van der Waals surface area contributed by atoms with Crippen molar-refractivity contribution >= 4 is 32.4 Å². The van der Waals surface area contributed by atoms with E-state index in [2.05, 4.69) is 16.6 Å². The second kappa shape index (κ2) is 8.84. The van der Waals surface area contributed by atoms with E-state index in [1.54, 1.807) is 18.3 Å². The standard InChI is InChI=1S/C19H25N3O3S2/c1-2-5-15-7-9-17(10-8-15)27(24,25)21-19-20-14-16(26-19)11-13-22-12-4-3-6-18(22)23/h7-10,14H,2-6,11-13H2,1H3,(H,20,21). The Hall–Kier alpha value is -1.93. The third-order valence-corrected chi connectivity index (χ3v) is 7.05. The largest absolute Gasteiger partial charge is 0.342 e. The van der Waals surface area contributed by atoms with E-state index in [0.717, 1.165) is 42.7 Å². The van der Waals surface area contributed by atoms with Gasteiger partial charge < -0.3 is 4.90 Å². The number of thiazole rings is 1. The fourth-order valence-corrected chi connectivity index (χ4v) is 5.15. The molecular weight excluding hydrogens is 382 g/mol. The highest BCUT2D eigenvalue weighted by Gasteiger charge is 2.19. The molecule has 2 heterocycles. The Kier molecular flexibility index (Phi) is 6.49. The average Bonchev–Trinajstić information content (AvgIpc) is 3.08. The minimum Gasteiger partial charge on any atom is -0.342 e. The van der Waals surface area contributed by atoms with Crippen molar-refractivity contribution in [1.82, 2.24) is 9.88 Å². The van der Waals surface area contributed by atoms with Crippen LogP contribution in [0.4, 0.5) is 5.13 Å². The number of amides is 1. The van der Waals surface area contributed by atoms with E-state index in [1.807, 2.05) is 17.0 Å². The molecule has 0 atom stereocenters. The van der Waals surface area contributed by atoms with Crippen LogP contribution in [-0.2, 0) is 27.7 Å². The molecule has 1 saturated heterocycles. The molecule has 1 amide bonds. The maximum absolute atomic E-state index is 12.5. The molecule has 1 aliphatic heterocycles. The quantitative estimate of drug-likeness (QED) is 0.727. The summed E-state index contributed by atoms with van der Waals surface area (Å²) in [7, 11) is -3.64. The van der Waals surface area contributed by atoms with Crippen molar-refractivity contribution in [3.63, 3.8) is 0 Å². The third-order valence-electron chi connectivity index (χ3n) is 4.60. The molecule has 0 spiro atoms. The summed E-state index contributed by atoms with van der Waals surface area (Å²) in [5.74, 6) is 0.207. The Morgan fingerprint density at radius 3 is 2.67 bits per heavy atom. The molecule has 1 aromatic carbocycles. The van der Waals surface area contributed by atoms with E-state index in [0.29, 0.717) is 24.5 Å². The van der Waals surface area contributed by atoms with Gasteiger partial charge in [-0.2, -0.15) is 0 Å². The summed E-state index contributed by atoms with van der Waals surface area (Å²) in [5.41, 5.74) is 1.13. The van der Waals surface area contributed by atoms with Gasteiger partial charge in [-0.25, -0.2) is 13.4 Å². The third kappa shape index (κ3) is 5.29. The number of aryl methyl sites for hydroxylation is 1. The normalized spacial score (nSPS) is 15.1. The molecule has 1 aliphatic rings. The summed E-state index contributed by atoms with van der Waals surface area (Å²) in [6, 6.07) is 6.95. The van der Waals surface area contributed by atoms with Crippen LogP contribution in [0.1, 0.15) is 43.0 Å². The molecule has 8 heteroatoms. The van der Waals surface area contributed by atoms with E-state index in [4.69, 9.17) is 0 Å². The molecule has 146 valence electrons. The van der Waals surface area contributed by atoms with Crippen LogP contribution < -0.4 is 4.72 Å². The predicted octanol–water partition coefficient (Wildman–Crippen LogP) is 3.45. The molecule has 0 radical (unpaired) electrons. The van der Waals surface area contributed by atoms with Crippen LogP contribution in [0, 0.1) is 0 Å².